The van der Waals surface area contributed by atoms with Gasteiger partial charge in [0.25, 0.3) is 0 Å². The number of unbranched alkanes of at least 4 members (excludes halogenated alkanes) is 3. The highest BCUT2D eigenvalue weighted by Gasteiger charge is 2.24. The maximum Gasteiger partial charge on any atom is 0.315 e. The van der Waals surface area contributed by atoms with Crippen molar-refractivity contribution < 1.29 is 17.9 Å². The van der Waals surface area contributed by atoms with E-state index in [9.17, 15) is 13.2 Å². The number of carbonyl (C=O) groups is 1. The highest BCUT2D eigenvalue weighted by molar-refractivity contribution is 7.89. The Morgan fingerprint density at radius 1 is 1.15 bits per heavy atom. The van der Waals surface area contributed by atoms with Gasteiger partial charge in [0.15, 0.2) is 0 Å². The summed E-state index contributed by atoms with van der Waals surface area (Å²) in [6.45, 7) is 9.75. The predicted molar refractivity (Wildman–Crippen MR) is 130 cm³/mol. The molecule has 1 saturated heterocycles. The van der Waals surface area contributed by atoms with Gasteiger partial charge >= 0.3 is 6.03 Å². The molecule has 33 heavy (non-hydrogen) atoms. The van der Waals surface area contributed by atoms with Gasteiger partial charge in [0.05, 0.1) is 19.0 Å². The lowest BCUT2D eigenvalue weighted by molar-refractivity contribution is 0.0367. The summed E-state index contributed by atoms with van der Waals surface area (Å²) in [5.41, 5.74) is 0.949. The SMILES string of the molecule is CC(C)N(CCCN1CCOCC1)S(=O)(=O)CCCCCCNC(=O)NCc1cccnc1. The largest absolute Gasteiger partial charge is 0.379 e. The summed E-state index contributed by atoms with van der Waals surface area (Å²) in [7, 11) is -3.26. The van der Waals surface area contributed by atoms with Crippen LogP contribution in [0.4, 0.5) is 4.79 Å². The van der Waals surface area contributed by atoms with Crippen LogP contribution < -0.4 is 10.6 Å². The second kappa shape index (κ2) is 15.2. The monoisotopic (exact) mass is 483 g/mol. The molecule has 1 aliphatic rings. The number of rotatable bonds is 15. The third-order valence-corrected chi connectivity index (χ3v) is 7.80. The fourth-order valence-electron chi connectivity index (χ4n) is 3.82. The summed E-state index contributed by atoms with van der Waals surface area (Å²) in [6.07, 6.45) is 7.44. The summed E-state index contributed by atoms with van der Waals surface area (Å²) in [5.74, 6) is 0.182. The Kier molecular flexibility index (Phi) is 12.7. The third-order valence-electron chi connectivity index (χ3n) is 5.68. The van der Waals surface area contributed by atoms with Crippen molar-refractivity contribution >= 4 is 16.1 Å². The van der Waals surface area contributed by atoms with Crippen LogP contribution in [0.1, 0.15) is 51.5 Å². The highest BCUT2D eigenvalue weighted by atomic mass is 32.2. The zero-order chi connectivity index (χ0) is 23.9. The van der Waals surface area contributed by atoms with E-state index in [4.69, 9.17) is 4.74 Å². The van der Waals surface area contributed by atoms with Gasteiger partial charge < -0.3 is 15.4 Å². The number of sulfonamides is 1. The minimum absolute atomic E-state index is 0.0333. The van der Waals surface area contributed by atoms with Gasteiger partial charge in [-0.2, -0.15) is 4.31 Å². The van der Waals surface area contributed by atoms with E-state index in [-0.39, 0.29) is 17.8 Å². The lowest BCUT2D eigenvalue weighted by atomic mass is 10.2. The number of hydrogen-bond acceptors (Lipinski definition) is 6. The Labute approximate surface area is 199 Å². The topological polar surface area (TPSA) is 104 Å². The van der Waals surface area contributed by atoms with E-state index in [0.29, 0.717) is 26.1 Å². The van der Waals surface area contributed by atoms with Crippen LogP contribution in [0.5, 0.6) is 0 Å². The van der Waals surface area contributed by atoms with Gasteiger partial charge in [-0.15, -0.1) is 0 Å². The zero-order valence-electron chi connectivity index (χ0n) is 20.2. The molecule has 0 bridgehead atoms. The van der Waals surface area contributed by atoms with Crippen LogP contribution >= 0.6 is 0 Å². The van der Waals surface area contributed by atoms with Crippen molar-refractivity contribution in [2.24, 2.45) is 0 Å². The quantitative estimate of drug-likeness (QED) is 0.371. The van der Waals surface area contributed by atoms with Gasteiger partial charge in [-0.25, -0.2) is 13.2 Å². The summed E-state index contributed by atoms with van der Waals surface area (Å²) in [6, 6.07) is 3.51. The van der Waals surface area contributed by atoms with Crippen LogP contribution in [0.25, 0.3) is 0 Å². The minimum Gasteiger partial charge on any atom is -0.379 e. The van der Waals surface area contributed by atoms with E-state index < -0.39 is 10.0 Å². The summed E-state index contributed by atoms with van der Waals surface area (Å²) < 4.78 is 32.7. The molecule has 0 spiro atoms. The predicted octanol–water partition coefficient (Wildman–Crippen LogP) is 2.20. The molecule has 2 heterocycles. The number of aromatic nitrogens is 1. The molecular formula is C23H41N5O4S. The van der Waals surface area contributed by atoms with Gasteiger partial charge in [-0.1, -0.05) is 18.9 Å². The maximum absolute atomic E-state index is 12.8. The highest BCUT2D eigenvalue weighted by Crippen LogP contribution is 2.12. The molecule has 0 aliphatic carbocycles. The van der Waals surface area contributed by atoms with E-state index in [1.54, 1.807) is 16.7 Å². The van der Waals surface area contributed by atoms with Gasteiger partial charge in [0.2, 0.25) is 10.0 Å². The van der Waals surface area contributed by atoms with Crippen LogP contribution in [-0.2, 0) is 21.3 Å². The number of morpholine rings is 1. The van der Waals surface area contributed by atoms with Crippen LogP contribution in [0.3, 0.4) is 0 Å². The number of hydrogen-bond donors (Lipinski definition) is 2. The van der Waals surface area contributed by atoms with Crippen molar-refractivity contribution in [3.8, 4) is 0 Å². The lowest BCUT2D eigenvalue weighted by Crippen LogP contribution is -2.42. The molecule has 1 aliphatic heterocycles. The molecule has 0 radical (unpaired) electrons. The lowest BCUT2D eigenvalue weighted by Gasteiger charge is -2.29. The molecule has 2 rings (SSSR count). The number of nitrogens with zero attached hydrogens (tertiary/aromatic N) is 3. The number of urea groups is 1. The first kappa shape index (κ1) is 27.5. The maximum atomic E-state index is 12.8. The fraction of sp³-hybridized carbons (Fsp3) is 0.739. The van der Waals surface area contributed by atoms with Crippen molar-refractivity contribution in [3.63, 3.8) is 0 Å². The van der Waals surface area contributed by atoms with Crippen molar-refractivity contribution in [2.75, 3.05) is 51.7 Å². The summed E-state index contributed by atoms with van der Waals surface area (Å²) in [4.78, 5) is 18.2. The number of ether oxygens (including phenoxy) is 1. The van der Waals surface area contributed by atoms with Gasteiger partial charge in [0.1, 0.15) is 0 Å². The van der Waals surface area contributed by atoms with E-state index in [1.165, 1.54) is 0 Å². The second-order valence-corrected chi connectivity index (χ2v) is 10.8. The molecule has 9 nitrogen and oxygen atoms in total. The molecule has 1 aromatic rings. The van der Waals surface area contributed by atoms with E-state index in [1.807, 2.05) is 26.0 Å². The van der Waals surface area contributed by atoms with Gasteiger partial charge in [-0.3, -0.25) is 9.88 Å². The Hall–Kier alpha value is -1.75. The summed E-state index contributed by atoms with van der Waals surface area (Å²) >= 11 is 0. The number of carbonyl (C=O) groups excluding carboxylic acids is 1. The number of nitrogens with one attached hydrogen (secondary N) is 2. The van der Waals surface area contributed by atoms with Crippen molar-refractivity contribution in [2.45, 2.75) is 58.5 Å². The zero-order valence-corrected chi connectivity index (χ0v) is 21.0. The Bertz CT molecular complexity index is 770. The first-order valence-electron chi connectivity index (χ1n) is 12.1. The molecule has 2 N–H and O–H groups in total. The molecule has 10 heteroatoms. The van der Waals surface area contributed by atoms with Crippen molar-refractivity contribution in [1.82, 2.24) is 24.8 Å². The molecule has 1 fully saturated rings. The van der Waals surface area contributed by atoms with E-state index >= 15 is 0 Å². The van der Waals surface area contributed by atoms with E-state index in [2.05, 4.69) is 20.5 Å². The third kappa shape index (κ3) is 11.3. The Morgan fingerprint density at radius 3 is 2.61 bits per heavy atom. The molecule has 0 aromatic carbocycles. The standard InChI is InChI=1S/C23H41N5O4S/c1-21(2)28(13-8-12-27-14-16-32-17-15-27)33(30,31)18-6-4-3-5-11-25-23(29)26-20-22-9-7-10-24-19-22/h7,9-10,19,21H,3-6,8,11-18,20H2,1-2H3,(H2,25,26,29). The molecule has 1 aromatic heterocycles. The van der Waals surface area contributed by atoms with Crippen molar-refractivity contribution in [1.29, 1.82) is 0 Å². The first-order valence-corrected chi connectivity index (χ1v) is 13.7. The first-order chi connectivity index (χ1) is 15.9. The van der Waals surface area contributed by atoms with Gasteiger partial charge in [0, 0.05) is 51.2 Å². The molecule has 0 atom stereocenters. The van der Waals surface area contributed by atoms with Crippen LogP contribution in [0, 0.1) is 0 Å². The summed E-state index contributed by atoms with van der Waals surface area (Å²) in [5, 5.41) is 5.63. The average Bonchev–Trinajstić information content (AvgIpc) is 2.80. The molecule has 0 unspecified atom stereocenters. The van der Waals surface area contributed by atoms with Gasteiger partial charge in [-0.05, 0) is 51.3 Å². The Morgan fingerprint density at radius 2 is 1.91 bits per heavy atom. The smallest absolute Gasteiger partial charge is 0.315 e. The number of amides is 2. The van der Waals surface area contributed by atoms with Crippen LogP contribution in [0.15, 0.2) is 24.5 Å². The van der Waals surface area contributed by atoms with Crippen molar-refractivity contribution in [3.05, 3.63) is 30.1 Å². The minimum atomic E-state index is -3.26. The molecule has 0 saturated carbocycles. The van der Waals surface area contributed by atoms with Crippen LogP contribution in [0.2, 0.25) is 0 Å². The normalized spacial score (nSPS) is 15.2. The Balaban J connectivity index is 1.55. The molecular weight excluding hydrogens is 442 g/mol. The average molecular weight is 484 g/mol. The second-order valence-electron chi connectivity index (χ2n) is 8.71. The number of pyridine rings is 1. The van der Waals surface area contributed by atoms with Crippen LogP contribution in [-0.4, -0.2) is 86.4 Å². The molecule has 2 amide bonds. The molecule has 188 valence electrons. The fourth-order valence-corrected chi connectivity index (χ4v) is 5.68. The van der Waals surface area contributed by atoms with E-state index in [0.717, 1.165) is 64.1 Å².